The number of ketones is 1. The second kappa shape index (κ2) is 10.3. The van der Waals surface area contributed by atoms with Crippen molar-refractivity contribution < 1.29 is 31.9 Å². The number of halogens is 1. The van der Waals surface area contributed by atoms with Gasteiger partial charge in [-0.25, -0.2) is 17.6 Å². The number of Topliss-reactive ketones (excluding diaryl/α,β-unsaturated/α-hetero) is 1. The second-order valence-corrected chi connectivity index (χ2v) is 10.7. The summed E-state index contributed by atoms with van der Waals surface area (Å²) < 4.78 is 48.6. The normalized spacial score (nSPS) is 16.7. The maximum absolute atomic E-state index is 13.8. The number of hydrogen-bond acceptors (Lipinski definition) is 6. The van der Waals surface area contributed by atoms with E-state index in [1.165, 1.54) is 34.0 Å². The highest BCUT2D eigenvalue weighted by Crippen LogP contribution is 2.33. The largest absolute Gasteiger partial charge is 0.465 e. The van der Waals surface area contributed by atoms with Crippen LogP contribution >= 0.6 is 0 Å². The molecular weight excluding hydrogens is 477 g/mol. The molecule has 1 aliphatic heterocycles. The second-order valence-electron chi connectivity index (χ2n) is 8.81. The SMILES string of the molecule is COC(=O)c1c(S(=O)(=O)N2CCCC(C(=O)Nc3ccc(F)c(C)c3)C2)c(C)n(CC(C)=O)c1C. The molecule has 35 heavy (non-hydrogen) atoms. The van der Waals surface area contributed by atoms with Gasteiger partial charge < -0.3 is 14.6 Å². The maximum atomic E-state index is 13.8. The summed E-state index contributed by atoms with van der Waals surface area (Å²) in [5.74, 6) is -2.40. The average Bonchev–Trinajstić information content (AvgIpc) is 3.06. The fourth-order valence-corrected chi connectivity index (χ4v) is 6.42. The van der Waals surface area contributed by atoms with E-state index >= 15 is 0 Å². The van der Waals surface area contributed by atoms with Crippen molar-refractivity contribution in [2.45, 2.75) is 52.0 Å². The first kappa shape index (κ1) is 26.6. The number of aromatic nitrogens is 1. The molecular formula is C24H30FN3O6S. The molecule has 3 rings (SSSR count). The van der Waals surface area contributed by atoms with Gasteiger partial charge in [0.15, 0.2) is 0 Å². The van der Waals surface area contributed by atoms with Crippen molar-refractivity contribution in [3.63, 3.8) is 0 Å². The van der Waals surface area contributed by atoms with E-state index in [1.54, 1.807) is 20.8 Å². The molecule has 0 spiro atoms. The molecule has 1 saturated heterocycles. The number of nitrogens with zero attached hydrogens (tertiary/aromatic N) is 2. The first-order valence-corrected chi connectivity index (χ1v) is 12.7. The molecule has 0 bridgehead atoms. The molecule has 1 aromatic heterocycles. The Morgan fingerprint density at radius 2 is 1.86 bits per heavy atom. The number of ether oxygens (including phenoxy) is 1. The third-order valence-electron chi connectivity index (χ3n) is 6.28. The van der Waals surface area contributed by atoms with Crippen LogP contribution in [0.25, 0.3) is 0 Å². The molecule has 0 radical (unpaired) electrons. The molecule has 190 valence electrons. The minimum absolute atomic E-state index is 0.0780. The van der Waals surface area contributed by atoms with Crippen LogP contribution in [0.2, 0.25) is 0 Å². The van der Waals surface area contributed by atoms with Crippen LogP contribution in [-0.2, 0) is 30.9 Å². The van der Waals surface area contributed by atoms with E-state index in [0.29, 0.717) is 29.8 Å². The fourth-order valence-electron chi connectivity index (χ4n) is 4.44. The van der Waals surface area contributed by atoms with Gasteiger partial charge in [0.1, 0.15) is 22.1 Å². The van der Waals surface area contributed by atoms with Gasteiger partial charge in [-0.3, -0.25) is 9.59 Å². The van der Waals surface area contributed by atoms with Crippen LogP contribution in [0, 0.1) is 32.5 Å². The fraction of sp³-hybridized carbons (Fsp3) is 0.458. The molecule has 2 heterocycles. The predicted octanol–water partition coefficient (Wildman–Crippen LogP) is 2.97. The van der Waals surface area contributed by atoms with Crippen LogP contribution in [0.15, 0.2) is 23.1 Å². The van der Waals surface area contributed by atoms with Crippen LogP contribution in [0.3, 0.4) is 0 Å². The smallest absolute Gasteiger partial charge is 0.341 e. The Hall–Kier alpha value is -3.05. The standard InChI is InChI=1S/C24H30FN3O6S/c1-14-11-19(8-9-20(14)25)26-23(30)18-7-6-10-27(13-18)35(32,33)22-17(4)28(12-15(2)29)16(3)21(22)24(31)34-5/h8-9,11,18H,6-7,10,12-13H2,1-5H3,(H,26,30). The third kappa shape index (κ3) is 5.30. The zero-order valence-electron chi connectivity index (χ0n) is 20.5. The number of hydrogen-bond donors (Lipinski definition) is 1. The number of piperidine rings is 1. The number of sulfonamides is 1. The highest BCUT2D eigenvalue weighted by atomic mass is 32.2. The van der Waals surface area contributed by atoms with E-state index in [4.69, 9.17) is 4.74 Å². The topological polar surface area (TPSA) is 115 Å². The van der Waals surface area contributed by atoms with Gasteiger partial charge in [-0.05, 0) is 64.3 Å². The summed E-state index contributed by atoms with van der Waals surface area (Å²) in [6, 6.07) is 4.22. The number of methoxy groups -OCH3 is 1. The quantitative estimate of drug-likeness (QED) is 0.577. The summed E-state index contributed by atoms with van der Waals surface area (Å²) in [7, 11) is -3.04. The molecule has 1 aromatic carbocycles. The van der Waals surface area contributed by atoms with Gasteiger partial charge in [0, 0.05) is 30.2 Å². The number of aryl methyl sites for hydroxylation is 1. The molecule has 1 N–H and O–H groups in total. The molecule has 1 fully saturated rings. The maximum Gasteiger partial charge on any atom is 0.341 e. The van der Waals surface area contributed by atoms with Crippen molar-refractivity contribution in [2.75, 3.05) is 25.5 Å². The van der Waals surface area contributed by atoms with Crippen molar-refractivity contribution in [1.29, 1.82) is 0 Å². The van der Waals surface area contributed by atoms with E-state index in [2.05, 4.69) is 5.32 Å². The van der Waals surface area contributed by atoms with E-state index in [0.717, 1.165) is 7.11 Å². The zero-order chi connectivity index (χ0) is 26.1. The van der Waals surface area contributed by atoms with Gasteiger partial charge in [0.25, 0.3) is 0 Å². The molecule has 11 heteroatoms. The van der Waals surface area contributed by atoms with Gasteiger partial charge in [0.2, 0.25) is 15.9 Å². The number of anilines is 1. The van der Waals surface area contributed by atoms with Crippen LogP contribution in [0.1, 0.15) is 47.1 Å². The first-order valence-electron chi connectivity index (χ1n) is 11.2. The van der Waals surface area contributed by atoms with Crippen LogP contribution in [0.5, 0.6) is 0 Å². The van der Waals surface area contributed by atoms with E-state index < -0.39 is 21.9 Å². The number of benzene rings is 1. The highest BCUT2D eigenvalue weighted by molar-refractivity contribution is 7.89. The Morgan fingerprint density at radius 3 is 2.46 bits per heavy atom. The summed E-state index contributed by atoms with van der Waals surface area (Å²) in [6.07, 6.45) is 0.921. The van der Waals surface area contributed by atoms with Gasteiger partial charge in [-0.1, -0.05) is 0 Å². The summed E-state index contributed by atoms with van der Waals surface area (Å²) in [5, 5.41) is 2.73. The molecule has 9 nitrogen and oxygen atoms in total. The molecule has 0 aliphatic carbocycles. The third-order valence-corrected chi connectivity index (χ3v) is 8.30. The Bertz CT molecular complexity index is 1280. The number of esters is 1. The lowest BCUT2D eigenvalue weighted by Gasteiger charge is -2.31. The summed E-state index contributed by atoms with van der Waals surface area (Å²) in [5.41, 5.74) is 1.27. The first-order chi connectivity index (χ1) is 16.4. The Morgan fingerprint density at radius 1 is 1.17 bits per heavy atom. The molecule has 0 saturated carbocycles. The van der Waals surface area contributed by atoms with Crippen molar-refractivity contribution in [1.82, 2.24) is 8.87 Å². The predicted molar refractivity (Wildman–Crippen MR) is 127 cm³/mol. The molecule has 1 aliphatic rings. The van der Waals surface area contributed by atoms with E-state index in [-0.39, 0.29) is 53.3 Å². The Kier molecular flexibility index (Phi) is 7.80. The Balaban J connectivity index is 1.93. The van der Waals surface area contributed by atoms with E-state index in [9.17, 15) is 27.2 Å². The minimum Gasteiger partial charge on any atom is -0.465 e. The summed E-state index contributed by atoms with van der Waals surface area (Å²) >= 11 is 0. The van der Waals surface area contributed by atoms with Gasteiger partial charge >= 0.3 is 5.97 Å². The molecule has 2 aromatic rings. The van der Waals surface area contributed by atoms with Crippen LogP contribution in [-0.4, -0.2) is 55.1 Å². The van der Waals surface area contributed by atoms with E-state index in [1.807, 2.05) is 0 Å². The van der Waals surface area contributed by atoms with Crippen molar-refractivity contribution in [3.05, 3.63) is 46.5 Å². The highest BCUT2D eigenvalue weighted by Gasteiger charge is 2.39. The lowest BCUT2D eigenvalue weighted by molar-refractivity contribution is -0.121. The van der Waals surface area contributed by atoms with Gasteiger partial charge in [0.05, 0.1) is 19.6 Å². The van der Waals surface area contributed by atoms with Crippen LogP contribution < -0.4 is 5.32 Å². The monoisotopic (exact) mass is 507 g/mol. The lowest BCUT2D eigenvalue weighted by Crippen LogP contribution is -2.44. The van der Waals surface area contributed by atoms with Crippen LogP contribution in [0.4, 0.5) is 10.1 Å². The summed E-state index contributed by atoms with van der Waals surface area (Å²) in [4.78, 5) is 37.0. The average molecular weight is 508 g/mol. The van der Waals surface area contributed by atoms with Crippen molar-refractivity contribution in [2.24, 2.45) is 5.92 Å². The van der Waals surface area contributed by atoms with Gasteiger partial charge in [-0.15, -0.1) is 0 Å². The minimum atomic E-state index is -4.20. The Labute approximate surface area is 204 Å². The van der Waals surface area contributed by atoms with Crippen molar-refractivity contribution in [3.8, 4) is 0 Å². The van der Waals surface area contributed by atoms with Gasteiger partial charge in [-0.2, -0.15) is 4.31 Å². The molecule has 1 amide bonds. The number of rotatable bonds is 7. The number of carbonyl (C=O) groups is 3. The lowest BCUT2D eigenvalue weighted by atomic mass is 9.98. The van der Waals surface area contributed by atoms with Crippen molar-refractivity contribution >= 4 is 33.4 Å². The number of carbonyl (C=O) groups excluding carboxylic acids is 3. The molecule has 1 unspecified atom stereocenters. The zero-order valence-corrected chi connectivity index (χ0v) is 21.3. The molecule has 1 atom stereocenters. The summed E-state index contributed by atoms with van der Waals surface area (Å²) in [6.45, 7) is 6.09. The number of amides is 1. The number of nitrogens with one attached hydrogen (secondary N) is 1.